The number of sulfone groups is 1. The number of hydrogen-bond acceptors (Lipinski definition) is 4. The number of benzene rings is 1. The molecular formula is C19H29ClN2O2S. The first-order chi connectivity index (χ1) is 11.9. The van der Waals surface area contributed by atoms with Crippen molar-refractivity contribution in [3.05, 3.63) is 22.7 Å². The molecule has 0 unspecified atom stereocenters. The van der Waals surface area contributed by atoms with Crippen LogP contribution in [0.5, 0.6) is 0 Å². The highest BCUT2D eigenvalue weighted by Gasteiger charge is 2.26. The minimum atomic E-state index is -3.24. The van der Waals surface area contributed by atoms with Crippen LogP contribution < -0.4 is 4.90 Å². The van der Waals surface area contributed by atoms with E-state index in [2.05, 4.69) is 9.80 Å². The summed E-state index contributed by atoms with van der Waals surface area (Å²) in [7, 11) is -3.24. The van der Waals surface area contributed by atoms with Crippen LogP contribution in [0.25, 0.3) is 0 Å². The molecule has 4 nitrogen and oxygen atoms in total. The number of nitrogens with zero attached hydrogens (tertiary/aromatic N) is 2. The van der Waals surface area contributed by atoms with Crippen LogP contribution in [0.4, 0.5) is 5.69 Å². The predicted octanol–water partition coefficient (Wildman–Crippen LogP) is 3.90. The van der Waals surface area contributed by atoms with E-state index >= 15 is 0 Å². The molecule has 2 fully saturated rings. The summed E-state index contributed by atoms with van der Waals surface area (Å²) in [6, 6.07) is 4.27. The molecule has 3 rings (SSSR count). The molecule has 25 heavy (non-hydrogen) atoms. The van der Waals surface area contributed by atoms with Crippen molar-refractivity contribution in [3.8, 4) is 0 Å². The van der Waals surface area contributed by atoms with Gasteiger partial charge in [-0.1, -0.05) is 37.3 Å². The second kappa shape index (κ2) is 7.85. The molecule has 6 heteroatoms. The summed E-state index contributed by atoms with van der Waals surface area (Å²) >= 11 is 6.44. The molecule has 0 atom stereocenters. The third-order valence-corrected chi connectivity index (χ3v) is 7.18. The van der Waals surface area contributed by atoms with Crippen LogP contribution in [0, 0.1) is 6.92 Å². The highest BCUT2D eigenvalue weighted by Crippen LogP contribution is 2.33. The van der Waals surface area contributed by atoms with Crippen LogP contribution in [0.2, 0.25) is 5.02 Å². The van der Waals surface area contributed by atoms with Crippen molar-refractivity contribution in [1.82, 2.24) is 4.90 Å². The van der Waals surface area contributed by atoms with E-state index in [0.717, 1.165) is 37.9 Å². The van der Waals surface area contributed by atoms with Crippen LogP contribution >= 0.6 is 11.6 Å². The van der Waals surface area contributed by atoms with Crippen LogP contribution in [-0.4, -0.2) is 51.8 Å². The van der Waals surface area contributed by atoms with Gasteiger partial charge in [0.15, 0.2) is 9.84 Å². The maximum atomic E-state index is 12.0. The number of anilines is 1. The topological polar surface area (TPSA) is 40.6 Å². The Labute approximate surface area is 157 Å². The van der Waals surface area contributed by atoms with Gasteiger partial charge in [0.2, 0.25) is 0 Å². The fourth-order valence-corrected chi connectivity index (χ4v) is 5.54. The van der Waals surface area contributed by atoms with Gasteiger partial charge in [-0.15, -0.1) is 0 Å². The lowest BCUT2D eigenvalue weighted by molar-refractivity contribution is 0.169. The summed E-state index contributed by atoms with van der Waals surface area (Å²) in [5.74, 6) is 0. The summed E-state index contributed by atoms with van der Waals surface area (Å²) in [6.45, 7) is 5.67. The van der Waals surface area contributed by atoms with Crippen molar-refractivity contribution in [3.63, 3.8) is 0 Å². The van der Waals surface area contributed by atoms with Gasteiger partial charge in [-0.3, -0.25) is 4.90 Å². The molecule has 1 aliphatic carbocycles. The predicted molar refractivity (Wildman–Crippen MR) is 105 cm³/mol. The zero-order valence-electron chi connectivity index (χ0n) is 15.3. The zero-order chi connectivity index (χ0) is 18.0. The molecule has 0 bridgehead atoms. The van der Waals surface area contributed by atoms with Gasteiger partial charge in [0.25, 0.3) is 0 Å². The van der Waals surface area contributed by atoms with Gasteiger partial charge in [0.05, 0.1) is 15.6 Å². The Balaban J connectivity index is 1.72. The Morgan fingerprint density at radius 3 is 2.16 bits per heavy atom. The minimum absolute atomic E-state index is 0.387. The Morgan fingerprint density at radius 2 is 1.60 bits per heavy atom. The van der Waals surface area contributed by atoms with Gasteiger partial charge >= 0.3 is 0 Å². The molecule has 1 aliphatic heterocycles. The molecular weight excluding hydrogens is 356 g/mol. The second-order valence-corrected chi connectivity index (χ2v) is 9.90. The van der Waals surface area contributed by atoms with Gasteiger partial charge in [-0.25, -0.2) is 8.42 Å². The quantitative estimate of drug-likeness (QED) is 0.741. The fourth-order valence-electron chi connectivity index (χ4n) is 4.23. The van der Waals surface area contributed by atoms with Crippen molar-refractivity contribution in [2.24, 2.45) is 0 Å². The molecule has 0 amide bonds. The van der Waals surface area contributed by atoms with Crippen molar-refractivity contribution in [2.45, 2.75) is 56.4 Å². The van der Waals surface area contributed by atoms with Crippen LogP contribution in [0.15, 0.2) is 17.0 Å². The molecule has 1 aromatic rings. The molecule has 0 aromatic heterocycles. The molecule has 1 saturated heterocycles. The summed E-state index contributed by atoms with van der Waals surface area (Å²) in [5.41, 5.74) is 1.57. The van der Waals surface area contributed by atoms with Gasteiger partial charge in [0, 0.05) is 38.5 Å². The molecule has 2 aliphatic rings. The molecule has 1 heterocycles. The van der Waals surface area contributed by atoms with Gasteiger partial charge in [-0.05, 0) is 37.5 Å². The lowest BCUT2D eigenvalue weighted by Crippen LogP contribution is -2.50. The normalized spacial score (nSPS) is 21.3. The van der Waals surface area contributed by atoms with E-state index in [0.29, 0.717) is 15.5 Å². The number of piperazine rings is 1. The van der Waals surface area contributed by atoms with Crippen molar-refractivity contribution in [1.29, 1.82) is 0 Å². The Bertz CT molecular complexity index is 704. The van der Waals surface area contributed by atoms with Crippen LogP contribution in [0.1, 0.15) is 44.1 Å². The lowest BCUT2D eigenvalue weighted by atomic mass is 10.1. The minimum Gasteiger partial charge on any atom is -0.368 e. The van der Waals surface area contributed by atoms with E-state index in [4.69, 9.17) is 11.6 Å². The lowest BCUT2D eigenvalue weighted by Gasteiger charge is -2.40. The van der Waals surface area contributed by atoms with E-state index in [-0.39, 0.29) is 0 Å². The average molecular weight is 385 g/mol. The highest BCUT2D eigenvalue weighted by molar-refractivity contribution is 7.90. The fraction of sp³-hybridized carbons (Fsp3) is 0.684. The van der Waals surface area contributed by atoms with Gasteiger partial charge in [-0.2, -0.15) is 0 Å². The number of rotatable bonds is 3. The largest absolute Gasteiger partial charge is 0.368 e. The van der Waals surface area contributed by atoms with Crippen LogP contribution in [0.3, 0.4) is 0 Å². The van der Waals surface area contributed by atoms with Gasteiger partial charge < -0.3 is 4.90 Å². The summed E-state index contributed by atoms with van der Waals surface area (Å²) in [4.78, 5) is 5.25. The summed E-state index contributed by atoms with van der Waals surface area (Å²) in [5, 5.41) is 0.646. The SMILES string of the molecule is Cc1cc(Cl)c(N2CCN(C3CCCCCC3)CC2)cc1S(C)(=O)=O. The highest BCUT2D eigenvalue weighted by atomic mass is 35.5. The maximum absolute atomic E-state index is 12.0. The van der Waals surface area contributed by atoms with E-state index in [1.165, 1.54) is 44.8 Å². The van der Waals surface area contributed by atoms with E-state index in [1.54, 1.807) is 19.1 Å². The monoisotopic (exact) mass is 384 g/mol. The number of hydrogen-bond donors (Lipinski definition) is 0. The van der Waals surface area contributed by atoms with Crippen LogP contribution in [-0.2, 0) is 9.84 Å². The molecule has 0 N–H and O–H groups in total. The average Bonchev–Trinajstić information content (AvgIpc) is 2.83. The molecule has 0 spiro atoms. The third kappa shape index (κ3) is 4.50. The molecule has 140 valence electrons. The van der Waals surface area contributed by atoms with E-state index in [9.17, 15) is 8.42 Å². The molecule has 1 aromatic carbocycles. The summed E-state index contributed by atoms with van der Waals surface area (Å²) < 4.78 is 24.0. The summed E-state index contributed by atoms with van der Waals surface area (Å²) in [6.07, 6.45) is 9.37. The first-order valence-electron chi connectivity index (χ1n) is 9.35. The van der Waals surface area contributed by atoms with Crippen molar-refractivity contribution < 1.29 is 8.42 Å². The van der Waals surface area contributed by atoms with E-state index in [1.807, 2.05) is 0 Å². The Morgan fingerprint density at radius 1 is 1.00 bits per heavy atom. The smallest absolute Gasteiger partial charge is 0.175 e. The second-order valence-electron chi connectivity index (χ2n) is 7.51. The molecule has 0 radical (unpaired) electrons. The third-order valence-electron chi connectivity index (χ3n) is 5.64. The zero-order valence-corrected chi connectivity index (χ0v) is 16.9. The molecule has 1 saturated carbocycles. The number of halogens is 1. The van der Waals surface area contributed by atoms with Crippen molar-refractivity contribution >= 4 is 27.1 Å². The maximum Gasteiger partial charge on any atom is 0.175 e. The van der Waals surface area contributed by atoms with Crippen molar-refractivity contribution in [2.75, 3.05) is 37.3 Å². The Hall–Kier alpha value is -0.780. The van der Waals surface area contributed by atoms with Gasteiger partial charge in [0.1, 0.15) is 0 Å². The first-order valence-corrected chi connectivity index (χ1v) is 11.6. The first kappa shape index (κ1) is 19.0. The Kier molecular flexibility index (Phi) is 5.96. The standard InChI is InChI=1S/C19H29ClN2O2S/c1-15-13-17(20)18(14-19(15)25(2,23)24)22-11-9-21(10-12-22)16-7-5-3-4-6-8-16/h13-14,16H,3-12H2,1-2H3. The van der Waals surface area contributed by atoms with E-state index < -0.39 is 9.84 Å². The number of aryl methyl sites for hydroxylation is 1.